The summed E-state index contributed by atoms with van der Waals surface area (Å²) < 4.78 is 0. The minimum atomic E-state index is -0.387. The van der Waals surface area contributed by atoms with Crippen LogP contribution in [0, 0.1) is 0 Å². The standard InChI is InChI=1S/C16H24N2O2S.ClH/c19-12-9-13(17-10-12)15(20)18-11-16(6-2-1-3-7-16)14-5-4-8-21-14;/h4-5,8,12-13,17,19H,1-3,6-7,9-11H2,(H,18,20);1H. The number of aliphatic hydroxyl groups excluding tert-OH is 1. The third kappa shape index (κ3) is 3.82. The lowest BCUT2D eigenvalue weighted by Gasteiger charge is -2.37. The fourth-order valence-corrected chi connectivity index (χ4v) is 4.60. The molecule has 6 heteroatoms. The first-order chi connectivity index (χ1) is 10.2. The zero-order chi connectivity index (χ0) is 14.7. The maximum absolute atomic E-state index is 12.3. The fraction of sp³-hybridized carbons (Fsp3) is 0.688. The molecule has 4 nitrogen and oxygen atoms in total. The van der Waals surface area contributed by atoms with Crippen LogP contribution in [0.4, 0.5) is 0 Å². The molecule has 1 aromatic rings. The number of nitrogens with one attached hydrogen (secondary N) is 2. The van der Waals surface area contributed by atoms with E-state index in [1.807, 2.05) is 0 Å². The van der Waals surface area contributed by atoms with Crippen LogP contribution in [-0.2, 0) is 10.2 Å². The van der Waals surface area contributed by atoms with Gasteiger partial charge in [0.05, 0.1) is 12.1 Å². The normalized spacial score (nSPS) is 27.1. The molecule has 1 aromatic heterocycles. The number of aliphatic hydroxyl groups is 1. The van der Waals surface area contributed by atoms with Crippen molar-refractivity contribution in [2.45, 2.75) is 56.1 Å². The SMILES string of the molecule is Cl.O=C(NCC1(c2cccs2)CCCCC1)C1CC(O)CN1. The van der Waals surface area contributed by atoms with Crippen LogP contribution in [-0.4, -0.2) is 36.2 Å². The van der Waals surface area contributed by atoms with Crippen molar-refractivity contribution in [1.82, 2.24) is 10.6 Å². The Morgan fingerprint density at radius 3 is 2.77 bits per heavy atom. The van der Waals surface area contributed by atoms with Gasteiger partial charge in [-0.25, -0.2) is 0 Å². The van der Waals surface area contributed by atoms with E-state index in [0.29, 0.717) is 13.0 Å². The zero-order valence-corrected chi connectivity index (χ0v) is 14.3. The van der Waals surface area contributed by atoms with Gasteiger partial charge in [-0.3, -0.25) is 4.79 Å². The van der Waals surface area contributed by atoms with Gasteiger partial charge in [0, 0.05) is 23.4 Å². The van der Waals surface area contributed by atoms with Gasteiger partial charge in [-0.2, -0.15) is 0 Å². The van der Waals surface area contributed by atoms with Crippen LogP contribution in [0.1, 0.15) is 43.4 Å². The summed E-state index contributed by atoms with van der Waals surface area (Å²) in [5.74, 6) is 0.0352. The average Bonchev–Trinajstić information content (AvgIpc) is 3.17. The van der Waals surface area contributed by atoms with Gasteiger partial charge < -0.3 is 15.7 Å². The molecule has 124 valence electrons. The van der Waals surface area contributed by atoms with Gasteiger partial charge in [-0.05, 0) is 30.7 Å². The summed E-state index contributed by atoms with van der Waals surface area (Å²) in [4.78, 5) is 13.7. The molecule has 3 rings (SSSR count). The summed E-state index contributed by atoms with van der Waals surface area (Å²) in [6.07, 6.45) is 6.25. The fourth-order valence-electron chi connectivity index (χ4n) is 3.62. The van der Waals surface area contributed by atoms with Gasteiger partial charge in [0.15, 0.2) is 0 Å². The molecule has 1 saturated carbocycles. The van der Waals surface area contributed by atoms with E-state index >= 15 is 0 Å². The Labute approximate surface area is 142 Å². The molecule has 2 heterocycles. The highest BCUT2D eigenvalue weighted by Crippen LogP contribution is 2.41. The molecular formula is C16H25ClN2O2S. The third-order valence-corrected chi connectivity index (χ3v) is 6.00. The number of carbonyl (C=O) groups excluding carboxylic acids is 1. The highest BCUT2D eigenvalue weighted by molar-refractivity contribution is 7.10. The van der Waals surface area contributed by atoms with E-state index in [1.165, 1.54) is 24.1 Å². The van der Waals surface area contributed by atoms with Gasteiger partial charge in [0.1, 0.15) is 0 Å². The average molecular weight is 345 g/mol. The van der Waals surface area contributed by atoms with Crippen molar-refractivity contribution >= 4 is 29.7 Å². The molecule has 1 aliphatic carbocycles. The lowest BCUT2D eigenvalue weighted by molar-refractivity contribution is -0.123. The van der Waals surface area contributed by atoms with E-state index in [2.05, 4.69) is 28.1 Å². The Bertz CT molecular complexity index is 475. The van der Waals surface area contributed by atoms with E-state index in [9.17, 15) is 9.90 Å². The number of halogens is 1. The quantitative estimate of drug-likeness (QED) is 0.784. The Hall–Kier alpha value is -0.620. The van der Waals surface area contributed by atoms with E-state index in [0.717, 1.165) is 19.4 Å². The molecule has 22 heavy (non-hydrogen) atoms. The van der Waals surface area contributed by atoms with Crippen molar-refractivity contribution in [2.75, 3.05) is 13.1 Å². The number of thiophene rings is 1. The van der Waals surface area contributed by atoms with E-state index in [4.69, 9.17) is 0 Å². The van der Waals surface area contributed by atoms with Gasteiger partial charge in [-0.15, -0.1) is 23.7 Å². The summed E-state index contributed by atoms with van der Waals surface area (Å²) in [6.45, 7) is 1.24. The maximum Gasteiger partial charge on any atom is 0.237 e. The van der Waals surface area contributed by atoms with Gasteiger partial charge in [0.2, 0.25) is 5.91 Å². The van der Waals surface area contributed by atoms with Crippen LogP contribution >= 0.6 is 23.7 Å². The molecule has 0 aromatic carbocycles. The number of carbonyl (C=O) groups is 1. The van der Waals surface area contributed by atoms with E-state index < -0.39 is 0 Å². The number of hydrogen-bond donors (Lipinski definition) is 3. The molecule has 2 fully saturated rings. The Morgan fingerprint density at radius 1 is 1.41 bits per heavy atom. The highest BCUT2D eigenvalue weighted by atomic mass is 35.5. The van der Waals surface area contributed by atoms with Crippen LogP contribution in [0.25, 0.3) is 0 Å². The molecule has 1 amide bonds. The molecule has 2 atom stereocenters. The second kappa shape index (κ2) is 7.77. The van der Waals surface area contributed by atoms with Crippen molar-refractivity contribution < 1.29 is 9.90 Å². The predicted molar refractivity (Wildman–Crippen MR) is 91.8 cm³/mol. The minimum absolute atomic E-state index is 0. The summed E-state index contributed by atoms with van der Waals surface area (Å²) in [5.41, 5.74) is 0.124. The molecule has 1 saturated heterocycles. The smallest absolute Gasteiger partial charge is 0.237 e. The lowest BCUT2D eigenvalue weighted by Crippen LogP contribution is -2.47. The topological polar surface area (TPSA) is 61.4 Å². The molecular weight excluding hydrogens is 320 g/mol. The Kier molecular flexibility index (Phi) is 6.26. The molecule has 3 N–H and O–H groups in total. The summed E-state index contributed by atoms with van der Waals surface area (Å²) in [5, 5.41) is 17.9. The monoisotopic (exact) mass is 344 g/mol. The van der Waals surface area contributed by atoms with Crippen LogP contribution in [0.3, 0.4) is 0 Å². The van der Waals surface area contributed by atoms with Gasteiger partial charge in [-0.1, -0.05) is 25.3 Å². The second-order valence-electron chi connectivity index (χ2n) is 6.39. The Balaban J connectivity index is 0.00000176. The molecule has 0 spiro atoms. The predicted octanol–water partition coefficient (Wildman–Crippen LogP) is 2.21. The molecule has 1 aliphatic heterocycles. The number of amides is 1. The Morgan fingerprint density at radius 2 is 2.18 bits per heavy atom. The number of rotatable bonds is 4. The van der Waals surface area contributed by atoms with Crippen molar-refractivity contribution in [3.8, 4) is 0 Å². The number of hydrogen-bond acceptors (Lipinski definition) is 4. The third-order valence-electron chi connectivity index (χ3n) is 4.88. The first-order valence-corrected chi connectivity index (χ1v) is 8.81. The lowest BCUT2D eigenvalue weighted by atomic mass is 9.73. The zero-order valence-electron chi connectivity index (χ0n) is 12.7. The van der Waals surface area contributed by atoms with Gasteiger partial charge in [0.25, 0.3) is 0 Å². The number of β-amino-alcohol motifs (C(OH)–C–C–N with tert-alkyl or cyclic N) is 1. The van der Waals surface area contributed by atoms with Crippen molar-refractivity contribution in [3.63, 3.8) is 0 Å². The van der Waals surface area contributed by atoms with Crippen molar-refractivity contribution in [1.29, 1.82) is 0 Å². The summed E-state index contributed by atoms with van der Waals surface area (Å²) >= 11 is 1.81. The van der Waals surface area contributed by atoms with Crippen molar-refractivity contribution in [2.24, 2.45) is 0 Å². The van der Waals surface area contributed by atoms with Gasteiger partial charge >= 0.3 is 0 Å². The molecule has 2 unspecified atom stereocenters. The van der Waals surface area contributed by atoms with Crippen LogP contribution in [0.5, 0.6) is 0 Å². The van der Waals surface area contributed by atoms with Crippen LogP contribution in [0.15, 0.2) is 17.5 Å². The van der Waals surface area contributed by atoms with Crippen LogP contribution in [0.2, 0.25) is 0 Å². The van der Waals surface area contributed by atoms with E-state index in [1.54, 1.807) is 11.3 Å². The summed E-state index contributed by atoms with van der Waals surface area (Å²) in [7, 11) is 0. The molecule has 0 radical (unpaired) electrons. The molecule has 2 aliphatic rings. The minimum Gasteiger partial charge on any atom is -0.392 e. The highest BCUT2D eigenvalue weighted by Gasteiger charge is 2.36. The maximum atomic E-state index is 12.3. The largest absolute Gasteiger partial charge is 0.392 e. The summed E-state index contributed by atoms with van der Waals surface area (Å²) in [6, 6.07) is 4.08. The molecule has 0 bridgehead atoms. The first-order valence-electron chi connectivity index (χ1n) is 7.93. The van der Waals surface area contributed by atoms with Crippen LogP contribution < -0.4 is 10.6 Å². The first kappa shape index (κ1) is 17.7. The second-order valence-corrected chi connectivity index (χ2v) is 7.33. The van der Waals surface area contributed by atoms with Crippen molar-refractivity contribution in [3.05, 3.63) is 22.4 Å². The van der Waals surface area contributed by atoms with E-state index in [-0.39, 0.29) is 35.9 Å².